The van der Waals surface area contributed by atoms with Crippen LogP contribution in [0, 0.1) is 0 Å². The van der Waals surface area contributed by atoms with Gasteiger partial charge in [-0.05, 0) is 47.4 Å². The number of hydrogen-bond donors (Lipinski definition) is 3. The molecule has 5 rings (SSSR count). The van der Waals surface area contributed by atoms with Gasteiger partial charge in [-0.15, -0.1) is 0 Å². The molecule has 1 unspecified atom stereocenters. The van der Waals surface area contributed by atoms with Gasteiger partial charge >= 0.3 is 12.1 Å². The molecule has 0 bridgehead atoms. The zero-order chi connectivity index (χ0) is 32.5. The van der Waals surface area contributed by atoms with Crippen LogP contribution in [0.15, 0.2) is 109 Å². The summed E-state index contributed by atoms with van der Waals surface area (Å²) < 4.78 is 11.7. The van der Waals surface area contributed by atoms with E-state index in [0.717, 1.165) is 33.4 Å². The molecule has 4 aromatic rings. The van der Waals surface area contributed by atoms with E-state index in [4.69, 9.17) is 9.47 Å². The molecule has 9 heteroatoms. The lowest BCUT2D eigenvalue weighted by Gasteiger charge is -2.28. The van der Waals surface area contributed by atoms with E-state index in [1.165, 1.54) is 0 Å². The number of carbonyl (C=O) groups excluding carboxylic acids is 2. The molecule has 1 aliphatic rings. The summed E-state index contributed by atoms with van der Waals surface area (Å²) in [6.07, 6.45) is -1.61. The molecule has 1 aliphatic carbocycles. The van der Waals surface area contributed by atoms with Crippen LogP contribution in [-0.4, -0.2) is 66.4 Å². The first-order valence-electron chi connectivity index (χ1n) is 15.3. The van der Waals surface area contributed by atoms with Crippen LogP contribution >= 0.6 is 0 Å². The van der Waals surface area contributed by atoms with E-state index >= 15 is 0 Å². The summed E-state index contributed by atoms with van der Waals surface area (Å²) in [5, 5.41) is 15.2. The summed E-state index contributed by atoms with van der Waals surface area (Å²) in [4.78, 5) is 40.9. The number of fused-ring (bicyclic) bond motifs is 3. The number of nitrogens with one attached hydrogen (secondary N) is 2. The number of alkyl carbamates (subject to hydrolysis) is 1. The van der Waals surface area contributed by atoms with Gasteiger partial charge in [0.25, 0.3) is 0 Å². The Balaban J connectivity index is 1.26. The number of carboxylic acids is 1. The van der Waals surface area contributed by atoms with Crippen LogP contribution in [0.1, 0.15) is 35.1 Å². The van der Waals surface area contributed by atoms with Crippen molar-refractivity contribution in [2.24, 2.45) is 0 Å². The smallest absolute Gasteiger partial charge is 0.407 e. The molecule has 0 radical (unpaired) electrons. The summed E-state index contributed by atoms with van der Waals surface area (Å²) in [7, 11) is 1.78. The number of hydrogen-bond acceptors (Lipinski definition) is 6. The monoisotopic (exact) mass is 621 g/mol. The van der Waals surface area contributed by atoms with Gasteiger partial charge in [0.2, 0.25) is 5.91 Å². The fourth-order valence-corrected chi connectivity index (χ4v) is 5.78. The lowest BCUT2D eigenvalue weighted by atomic mass is 9.98. The Labute approximate surface area is 269 Å². The van der Waals surface area contributed by atoms with Gasteiger partial charge in [-0.3, -0.25) is 9.69 Å². The molecule has 0 aromatic heterocycles. The number of nitrogens with zero attached hydrogens (tertiary/aromatic N) is 1. The Kier molecular flexibility index (Phi) is 10.8. The highest BCUT2D eigenvalue weighted by atomic mass is 16.5. The van der Waals surface area contributed by atoms with Crippen LogP contribution in [0.25, 0.3) is 11.1 Å². The first kappa shape index (κ1) is 32.4. The summed E-state index contributed by atoms with van der Waals surface area (Å²) in [5.41, 5.74) is 6.23. The maximum absolute atomic E-state index is 13.6. The molecule has 0 aliphatic heterocycles. The third-order valence-electron chi connectivity index (χ3n) is 8.13. The zero-order valence-electron chi connectivity index (χ0n) is 26.0. The van der Waals surface area contributed by atoms with Crippen molar-refractivity contribution in [3.05, 3.63) is 131 Å². The number of likely N-dealkylation sites (N-methyl/N-ethyl adjacent to an activating group) is 1. The molecule has 4 aromatic carbocycles. The van der Waals surface area contributed by atoms with Gasteiger partial charge < -0.3 is 25.2 Å². The van der Waals surface area contributed by atoms with Crippen LogP contribution < -0.4 is 10.6 Å². The molecular formula is C37H39N3O6. The third kappa shape index (κ3) is 8.18. The third-order valence-corrected chi connectivity index (χ3v) is 8.13. The van der Waals surface area contributed by atoms with Crippen LogP contribution in [0.5, 0.6) is 0 Å². The predicted molar refractivity (Wildman–Crippen MR) is 175 cm³/mol. The molecule has 0 heterocycles. The maximum atomic E-state index is 13.6. The minimum absolute atomic E-state index is 0.0485. The number of benzene rings is 4. The Bertz CT molecular complexity index is 1590. The minimum atomic E-state index is -1.23. The lowest BCUT2D eigenvalue weighted by molar-refractivity contribution is -0.143. The molecule has 46 heavy (non-hydrogen) atoms. The number of amides is 2. The van der Waals surface area contributed by atoms with E-state index in [-0.39, 0.29) is 25.7 Å². The van der Waals surface area contributed by atoms with Crippen molar-refractivity contribution in [2.75, 3.05) is 20.2 Å². The molecule has 3 atom stereocenters. The fraction of sp³-hybridized carbons (Fsp3) is 0.270. The number of carbonyl (C=O) groups is 3. The summed E-state index contributed by atoms with van der Waals surface area (Å²) in [5.74, 6) is -2.03. The van der Waals surface area contributed by atoms with Crippen molar-refractivity contribution in [2.45, 2.75) is 44.2 Å². The summed E-state index contributed by atoms with van der Waals surface area (Å²) >= 11 is 0. The highest BCUT2D eigenvalue weighted by molar-refractivity contribution is 5.90. The fourth-order valence-electron chi connectivity index (χ4n) is 5.78. The maximum Gasteiger partial charge on any atom is 0.407 e. The van der Waals surface area contributed by atoms with Crippen molar-refractivity contribution >= 4 is 18.0 Å². The van der Waals surface area contributed by atoms with Crippen LogP contribution in [-0.2, 0) is 32.2 Å². The Morgan fingerprint density at radius 2 is 1.33 bits per heavy atom. The molecule has 0 saturated carbocycles. The number of rotatable bonds is 14. The molecule has 9 nitrogen and oxygen atoms in total. The second-order valence-electron chi connectivity index (χ2n) is 11.5. The van der Waals surface area contributed by atoms with Gasteiger partial charge in [-0.25, -0.2) is 9.59 Å². The van der Waals surface area contributed by atoms with Crippen molar-refractivity contribution < 1.29 is 29.0 Å². The standard InChI is InChI=1S/C37H39N3O6/c1-25(45-23-27-15-7-4-8-16-27)34(35(41)38-33(36(42)43)22-40(2)21-26-13-5-3-6-14-26)39-37(44)46-24-32-30-19-11-9-17-28(30)29-18-10-12-20-31(29)32/h3-20,25,32-34H,21-24H2,1-2H3,(H,38,41)(H,39,44)(H,42,43)/t25-,33?,34+/m0/s1. The molecule has 0 fully saturated rings. The molecule has 3 N–H and O–H groups in total. The van der Waals surface area contributed by atoms with E-state index in [1.54, 1.807) is 14.0 Å². The Hall–Kier alpha value is -4.99. The van der Waals surface area contributed by atoms with Crippen LogP contribution in [0.2, 0.25) is 0 Å². The lowest BCUT2D eigenvalue weighted by Crippen LogP contribution is -2.58. The highest BCUT2D eigenvalue weighted by Crippen LogP contribution is 2.44. The average Bonchev–Trinajstić information content (AvgIpc) is 3.39. The topological polar surface area (TPSA) is 117 Å². The summed E-state index contributed by atoms with van der Waals surface area (Å²) in [6, 6.07) is 32.7. The van der Waals surface area contributed by atoms with Gasteiger partial charge in [0, 0.05) is 19.0 Å². The van der Waals surface area contributed by atoms with Gasteiger partial charge in [-0.1, -0.05) is 109 Å². The Morgan fingerprint density at radius 1 is 0.783 bits per heavy atom. The minimum Gasteiger partial charge on any atom is -0.480 e. The van der Waals surface area contributed by atoms with Crippen molar-refractivity contribution in [3.63, 3.8) is 0 Å². The van der Waals surface area contributed by atoms with Gasteiger partial charge in [0.1, 0.15) is 18.7 Å². The van der Waals surface area contributed by atoms with Crippen molar-refractivity contribution in [3.8, 4) is 11.1 Å². The van der Waals surface area contributed by atoms with E-state index in [0.29, 0.717) is 6.54 Å². The predicted octanol–water partition coefficient (Wildman–Crippen LogP) is 5.20. The largest absolute Gasteiger partial charge is 0.480 e. The number of ether oxygens (including phenoxy) is 2. The second-order valence-corrected chi connectivity index (χ2v) is 11.5. The molecule has 238 valence electrons. The SMILES string of the molecule is C[C@H](OCc1ccccc1)[C@@H](NC(=O)OCC1c2ccccc2-c2ccccc21)C(=O)NC(CN(C)Cc1ccccc1)C(=O)O. The first-order valence-corrected chi connectivity index (χ1v) is 15.3. The molecule has 0 spiro atoms. The van der Waals surface area contributed by atoms with E-state index < -0.39 is 36.2 Å². The summed E-state index contributed by atoms with van der Waals surface area (Å²) in [6.45, 7) is 2.47. The molecule has 0 saturated heterocycles. The average molecular weight is 622 g/mol. The quantitative estimate of drug-likeness (QED) is 0.177. The molecule has 2 amide bonds. The molecular weight excluding hydrogens is 582 g/mol. The van der Waals surface area contributed by atoms with Gasteiger partial charge in [-0.2, -0.15) is 0 Å². The van der Waals surface area contributed by atoms with Crippen molar-refractivity contribution in [1.29, 1.82) is 0 Å². The normalized spacial score (nSPS) is 14.1. The van der Waals surface area contributed by atoms with Crippen molar-refractivity contribution in [1.82, 2.24) is 15.5 Å². The number of carboxylic acid groups (broad SMARTS) is 1. The van der Waals surface area contributed by atoms with E-state index in [2.05, 4.69) is 22.8 Å². The van der Waals surface area contributed by atoms with Crippen LogP contribution in [0.4, 0.5) is 4.79 Å². The van der Waals surface area contributed by atoms with E-state index in [9.17, 15) is 19.5 Å². The van der Waals surface area contributed by atoms with Crippen LogP contribution in [0.3, 0.4) is 0 Å². The zero-order valence-corrected chi connectivity index (χ0v) is 26.0. The number of aliphatic carboxylic acids is 1. The second kappa shape index (κ2) is 15.3. The first-order chi connectivity index (χ1) is 22.3. The van der Waals surface area contributed by atoms with Gasteiger partial charge in [0.15, 0.2) is 0 Å². The Morgan fingerprint density at radius 3 is 1.91 bits per heavy atom. The van der Waals surface area contributed by atoms with Gasteiger partial charge in [0.05, 0.1) is 12.7 Å². The van der Waals surface area contributed by atoms with E-state index in [1.807, 2.05) is 102 Å². The highest BCUT2D eigenvalue weighted by Gasteiger charge is 2.33.